The number of hydrogen-bond donors (Lipinski definition) is 2. The molecule has 2 rings (SSSR count). The Bertz CT molecular complexity index is 320. The molecule has 1 aliphatic rings. The van der Waals surface area contributed by atoms with Gasteiger partial charge in [-0.25, -0.2) is 0 Å². The molecule has 1 aromatic rings. The summed E-state index contributed by atoms with van der Waals surface area (Å²) in [6, 6.07) is 7.14. The highest BCUT2D eigenvalue weighted by Crippen LogP contribution is 2.27. The van der Waals surface area contributed by atoms with Crippen LogP contribution >= 0.6 is 0 Å². The van der Waals surface area contributed by atoms with E-state index in [0.29, 0.717) is 6.04 Å². The molecule has 2 nitrogen and oxygen atoms in total. The Morgan fingerprint density at radius 3 is 3.14 bits per heavy atom. The predicted molar refractivity (Wildman–Crippen MR) is 60.8 cm³/mol. The Labute approximate surface area is 85.7 Å². The number of rotatable bonds is 2. The Hall–Kier alpha value is -1.02. The highest BCUT2D eigenvalue weighted by molar-refractivity contribution is 5.59. The predicted octanol–water partition coefficient (Wildman–Crippen LogP) is 1.94. The number of likely N-dealkylation sites (N-methyl/N-ethyl adjacent to an activating group) is 1. The summed E-state index contributed by atoms with van der Waals surface area (Å²) in [7, 11) is 2.01. The molecule has 1 heterocycles. The van der Waals surface area contributed by atoms with Gasteiger partial charge in [0.15, 0.2) is 0 Å². The van der Waals surface area contributed by atoms with E-state index >= 15 is 0 Å². The Morgan fingerprint density at radius 1 is 1.50 bits per heavy atom. The van der Waals surface area contributed by atoms with Gasteiger partial charge in [-0.3, -0.25) is 0 Å². The lowest BCUT2D eigenvalue weighted by Crippen LogP contribution is -2.34. The van der Waals surface area contributed by atoms with Gasteiger partial charge in [-0.1, -0.05) is 18.2 Å². The third-order valence-corrected chi connectivity index (χ3v) is 2.92. The standard InChI is InChI=1S/C12H18N2/c1-9-4-3-5-10-6-7-11(8-13-2)14-12(9)10/h3-5,11,13-14H,6-8H2,1-2H3. The first-order valence-corrected chi connectivity index (χ1v) is 5.31. The van der Waals surface area contributed by atoms with Crippen molar-refractivity contribution in [2.45, 2.75) is 25.8 Å². The van der Waals surface area contributed by atoms with Crippen molar-refractivity contribution in [1.82, 2.24) is 5.32 Å². The highest BCUT2D eigenvalue weighted by Gasteiger charge is 2.17. The largest absolute Gasteiger partial charge is 0.381 e. The third kappa shape index (κ3) is 1.75. The first kappa shape index (κ1) is 9.53. The van der Waals surface area contributed by atoms with Crippen LogP contribution in [-0.4, -0.2) is 19.6 Å². The molecule has 0 aliphatic carbocycles. The molecule has 0 bridgehead atoms. The first-order chi connectivity index (χ1) is 6.81. The fraction of sp³-hybridized carbons (Fsp3) is 0.500. The average molecular weight is 190 g/mol. The van der Waals surface area contributed by atoms with Crippen molar-refractivity contribution in [1.29, 1.82) is 0 Å². The van der Waals surface area contributed by atoms with Gasteiger partial charge in [0.1, 0.15) is 0 Å². The van der Waals surface area contributed by atoms with Crippen molar-refractivity contribution in [3.63, 3.8) is 0 Å². The van der Waals surface area contributed by atoms with E-state index in [0.717, 1.165) is 6.54 Å². The number of benzene rings is 1. The summed E-state index contributed by atoms with van der Waals surface area (Å²) in [5.74, 6) is 0. The Morgan fingerprint density at radius 2 is 2.36 bits per heavy atom. The molecular weight excluding hydrogens is 172 g/mol. The molecule has 14 heavy (non-hydrogen) atoms. The topological polar surface area (TPSA) is 24.1 Å². The quantitative estimate of drug-likeness (QED) is 0.744. The molecule has 0 saturated carbocycles. The zero-order valence-corrected chi connectivity index (χ0v) is 8.93. The Kier molecular flexibility index (Phi) is 2.73. The van der Waals surface area contributed by atoms with Gasteiger partial charge in [-0.05, 0) is 37.9 Å². The molecule has 76 valence electrons. The number of nitrogens with one attached hydrogen (secondary N) is 2. The van der Waals surface area contributed by atoms with Crippen LogP contribution in [-0.2, 0) is 6.42 Å². The summed E-state index contributed by atoms with van der Waals surface area (Å²) >= 11 is 0. The van der Waals surface area contributed by atoms with Crippen molar-refractivity contribution < 1.29 is 0 Å². The van der Waals surface area contributed by atoms with Crippen LogP contribution in [0.3, 0.4) is 0 Å². The van der Waals surface area contributed by atoms with Crippen LogP contribution in [0.5, 0.6) is 0 Å². The van der Waals surface area contributed by atoms with Crippen LogP contribution in [0.1, 0.15) is 17.5 Å². The molecule has 1 aromatic carbocycles. The van der Waals surface area contributed by atoms with Crippen LogP contribution in [0.2, 0.25) is 0 Å². The zero-order valence-electron chi connectivity index (χ0n) is 8.93. The lowest BCUT2D eigenvalue weighted by atomic mass is 9.95. The van der Waals surface area contributed by atoms with Crippen LogP contribution in [0.25, 0.3) is 0 Å². The zero-order chi connectivity index (χ0) is 9.97. The van der Waals surface area contributed by atoms with E-state index < -0.39 is 0 Å². The molecule has 0 saturated heterocycles. The molecule has 1 atom stereocenters. The molecule has 0 radical (unpaired) electrons. The summed E-state index contributed by atoms with van der Waals surface area (Å²) in [6.07, 6.45) is 2.44. The minimum Gasteiger partial charge on any atom is -0.381 e. The molecule has 0 fully saturated rings. The van der Waals surface area contributed by atoms with Crippen molar-refractivity contribution >= 4 is 5.69 Å². The second-order valence-electron chi connectivity index (χ2n) is 4.05. The van der Waals surface area contributed by atoms with Crippen LogP contribution in [0.15, 0.2) is 18.2 Å². The van der Waals surface area contributed by atoms with Gasteiger partial charge >= 0.3 is 0 Å². The van der Waals surface area contributed by atoms with Gasteiger partial charge in [0.25, 0.3) is 0 Å². The molecule has 1 unspecified atom stereocenters. The van der Waals surface area contributed by atoms with E-state index in [4.69, 9.17) is 0 Å². The molecule has 0 amide bonds. The summed E-state index contributed by atoms with van der Waals surface area (Å²) in [4.78, 5) is 0. The van der Waals surface area contributed by atoms with Gasteiger partial charge in [0.05, 0.1) is 0 Å². The number of para-hydroxylation sites is 1. The normalized spacial score (nSPS) is 20.0. The van der Waals surface area contributed by atoms with Crippen LogP contribution in [0, 0.1) is 6.92 Å². The number of aryl methyl sites for hydroxylation is 2. The fourth-order valence-corrected chi connectivity index (χ4v) is 2.15. The summed E-state index contributed by atoms with van der Waals surface area (Å²) in [5, 5.41) is 6.83. The molecule has 2 heteroatoms. The molecule has 0 aromatic heterocycles. The second kappa shape index (κ2) is 4.01. The van der Waals surface area contributed by atoms with Crippen molar-refractivity contribution in [2.75, 3.05) is 18.9 Å². The maximum absolute atomic E-state index is 3.60. The monoisotopic (exact) mass is 190 g/mol. The smallest absolute Gasteiger partial charge is 0.0405 e. The minimum atomic E-state index is 0.591. The minimum absolute atomic E-state index is 0.591. The molecule has 2 N–H and O–H groups in total. The SMILES string of the molecule is CNCC1CCc2cccc(C)c2N1. The maximum atomic E-state index is 3.60. The Balaban J connectivity index is 2.20. The van der Waals surface area contributed by atoms with E-state index in [1.54, 1.807) is 0 Å². The van der Waals surface area contributed by atoms with Gasteiger partial charge in [0.2, 0.25) is 0 Å². The summed E-state index contributed by atoms with van der Waals surface area (Å²) in [6.45, 7) is 3.22. The van der Waals surface area contributed by atoms with Crippen molar-refractivity contribution in [3.05, 3.63) is 29.3 Å². The van der Waals surface area contributed by atoms with Crippen molar-refractivity contribution in [3.8, 4) is 0 Å². The summed E-state index contributed by atoms with van der Waals surface area (Å²) in [5.41, 5.74) is 4.19. The second-order valence-corrected chi connectivity index (χ2v) is 4.05. The molecule has 1 aliphatic heterocycles. The maximum Gasteiger partial charge on any atom is 0.0405 e. The van der Waals surface area contributed by atoms with E-state index in [1.807, 2.05) is 7.05 Å². The van der Waals surface area contributed by atoms with Crippen molar-refractivity contribution in [2.24, 2.45) is 0 Å². The summed E-state index contributed by atoms with van der Waals surface area (Å²) < 4.78 is 0. The van der Waals surface area contributed by atoms with E-state index in [9.17, 15) is 0 Å². The van der Waals surface area contributed by atoms with E-state index in [-0.39, 0.29) is 0 Å². The van der Waals surface area contributed by atoms with Gasteiger partial charge < -0.3 is 10.6 Å². The van der Waals surface area contributed by atoms with Crippen LogP contribution in [0.4, 0.5) is 5.69 Å². The van der Waals surface area contributed by atoms with Gasteiger partial charge in [0, 0.05) is 18.3 Å². The lowest BCUT2D eigenvalue weighted by Gasteiger charge is -2.28. The highest BCUT2D eigenvalue weighted by atomic mass is 15.0. The lowest BCUT2D eigenvalue weighted by molar-refractivity contribution is 0.592. The fourth-order valence-electron chi connectivity index (χ4n) is 2.15. The number of anilines is 1. The third-order valence-electron chi connectivity index (χ3n) is 2.92. The number of hydrogen-bond acceptors (Lipinski definition) is 2. The average Bonchev–Trinajstić information content (AvgIpc) is 2.20. The first-order valence-electron chi connectivity index (χ1n) is 5.31. The van der Waals surface area contributed by atoms with E-state index in [2.05, 4.69) is 35.8 Å². The van der Waals surface area contributed by atoms with Gasteiger partial charge in [-0.2, -0.15) is 0 Å². The van der Waals surface area contributed by atoms with Gasteiger partial charge in [-0.15, -0.1) is 0 Å². The molecule has 0 spiro atoms. The van der Waals surface area contributed by atoms with E-state index in [1.165, 1.54) is 29.7 Å². The molecular formula is C12H18N2. The van der Waals surface area contributed by atoms with Crippen LogP contribution < -0.4 is 10.6 Å². The number of fused-ring (bicyclic) bond motifs is 1.